The number of likely N-dealkylation sites (N-methyl/N-ethyl adjacent to an activating group) is 1. The summed E-state index contributed by atoms with van der Waals surface area (Å²) in [5.41, 5.74) is 0. The maximum absolute atomic E-state index is 11.7. The van der Waals surface area contributed by atoms with Crippen LogP contribution in [0.5, 0.6) is 0 Å². The number of hydrogen-bond acceptors (Lipinski definition) is 6. The molecule has 0 bridgehead atoms. The van der Waals surface area contributed by atoms with E-state index in [1.54, 1.807) is 33.3 Å². The summed E-state index contributed by atoms with van der Waals surface area (Å²) in [5, 5.41) is 0. The summed E-state index contributed by atoms with van der Waals surface area (Å²) < 4.78 is 27.4. The first-order valence-corrected chi connectivity index (χ1v) is 6.47. The Bertz CT molecular complexity index is 313. The van der Waals surface area contributed by atoms with Crippen LogP contribution in [0.15, 0.2) is 0 Å². The van der Waals surface area contributed by atoms with Crippen molar-refractivity contribution in [2.45, 2.75) is 37.6 Å². The fraction of sp³-hybridized carbons (Fsp3) is 0.923. The van der Waals surface area contributed by atoms with Gasteiger partial charge in [0.25, 0.3) is 0 Å². The minimum absolute atomic E-state index is 0.0947. The van der Waals surface area contributed by atoms with Crippen molar-refractivity contribution in [1.82, 2.24) is 4.90 Å². The molecule has 0 radical (unpaired) electrons. The van der Waals surface area contributed by atoms with E-state index in [0.29, 0.717) is 6.61 Å². The first-order valence-electron chi connectivity index (χ1n) is 6.47. The van der Waals surface area contributed by atoms with E-state index in [-0.39, 0.29) is 30.3 Å². The summed E-state index contributed by atoms with van der Waals surface area (Å²) in [6, 6.07) is -0.388. The molecule has 5 unspecified atom stereocenters. The number of amides is 1. The molecule has 1 aliphatic rings. The summed E-state index contributed by atoms with van der Waals surface area (Å²) in [5.74, 6) is -0.0947. The van der Waals surface area contributed by atoms with Gasteiger partial charge in [-0.15, -0.1) is 0 Å². The Morgan fingerprint density at radius 1 is 1.10 bits per heavy atom. The molecule has 118 valence electrons. The van der Waals surface area contributed by atoms with Crippen molar-refractivity contribution >= 4 is 5.91 Å². The molecule has 0 aromatic carbocycles. The zero-order valence-corrected chi connectivity index (χ0v) is 13.0. The van der Waals surface area contributed by atoms with Crippen LogP contribution in [0.2, 0.25) is 0 Å². The highest BCUT2D eigenvalue weighted by Gasteiger charge is 2.49. The molecular formula is C13H25NO6. The number of hydrogen-bond donors (Lipinski definition) is 0. The standard InChI is InChI=1S/C13H25NO6/c1-8(15)14(2)10-12(18-5)11(17-4)9(7-16-3)20-13(10)19-6/h9-13H,7H2,1-6H3. The highest BCUT2D eigenvalue weighted by molar-refractivity contribution is 5.73. The van der Waals surface area contributed by atoms with Gasteiger partial charge in [-0.3, -0.25) is 4.79 Å². The fourth-order valence-electron chi connectivity index (χ4n) is 2.56. The third-order valence-corrected chi connectivity index (χ3v) is 3.67. The van der Waals surface area contributed by atoms with Crippen molar-refractivity contribution in [3.63, 3.8) is 0 Å². The summed E-state index contributed by atoms with van der Waals surface area (Å²) in [6.07, 6.45) is -1.64. The van der Waals surface area contributed by atoms with Crippen LogP contribution >= 0.6 is 0 Å². The maximum Gasteiger partial charge on any atom is 0.219 e. The lowest BCUT2D eigenvalue weighted by molar-refractivity contribution is -0.285. The van der Waals surface area contributed by atoms with Gasteiger partial charge in [0.1, 0.15) is 24.4 Å². The summed E-state index contributed by atoms with van der Waals surface area (Å²) in [6.45, 7) is 1.84. The van der Waals surface area contributed by atoms with Crippen molar-refractivity contribution < 1.29 is 28.5 Å². The van der Waals surface area contributed by atoms with E-state index in [4.69, 9.17) is 23.7 Å². The summed E-state index contributed by atoms with van der Waals surface area (Å²) in [7, 11) is 7.99. The van der Waals surface area contributed by atoms with E-state index >= 15 is 0 Å². The molecule has 1 fully saturated rings. The van der Waals surface area contributed by atoms with E-state index in [1.807, 2.05) is 0 Å². The van der Waals surface area contributed by atoms with E-state index in [9.17, 15) is 4.79 Å². The number of ether oxygens (including phenoxy) is 5. The molecule has 0 spiro atoms. The predicted molar refractivity (Wildman–Crippen MR) is 71.4 cm³/mol. The quantitative estimate of drug-likeness (QED) is 0.680. The van der Waals surface area contributed by atoms with Gasteiger partial charge in [0, 0.05) is 42.4 Å². The van der Waals surface area contributed by atoms with Gasteiger partial charge in [-0.2, -0.15) is 0 Å². The first kappa shape index (κ1) is 17.3. The van der Waals surface area contributed by atoms with Gasteiger partial charge < -0.3 is 28.6 Å². The van der Waals surface area contributed by atoms with Gasteiger partial charge in [-0.25, -0.2) is 0 Å². The van der Waals surface area contributed by atoms with Gasteiger partial charge in [-0.1, -0.05) is 0 Å². The van der Waals surface area contributed by atoms with Gasteiger partial charge in [0.2, 0.25) is 5.91 Å². The van der Waals surface area contributed by atoms with Crippen LogP contribution in [0.4, 0.5) is 0 Å². The second-order valence-electron chi connectivity index (χ2n) is 4.76. The second kappa shape index (κ2) is 7.90. The van der Waals surface area contributed by atoms with Crippen molar-refractivity contribution in [1.29, 1.82) is 0 Å². The Labute approximate surface area is 120 Å². The van der Waals surface area contributed by atoms with Gasteiger partial charge >= 0.3 is 0 Å². The van der Waals surface area contributed by atoms with Crippen LogP contribution in [-0.4, -0.2) is 83.5 Å². The lowest BCUT2D eigenvalue weighted by atomic mass is 9.95. The van der Waals surface area contributed by atoms with Crippen molar-refractivity contribution in [3.8, 4) is 0 Å². The number of methoxy groups -OCH3 is 4. The molecule has 0 aliphatic carbocycles. The summed E-state index contributed by atoms with van der Waals surface area (Å²) >= 11 is 0. The minimum atomic E-state index is -0.597. The average molecular weight is 291 g/mol. The number of carbonyl (C=O) groups is 1. The third-order valence-electron chi connectivity index (χ3n) is 3.67. The second-order valence-corrected chi connectivity index (χ2v) is 4.76. The van der Waals surface area contributed by atoms with E-state index in [1.165, 1.54) is 14.0 Å². The Kier molecular flexibility index (Phi) is 6.84. The van der Waals surface area contributed by atoms with Crippen LogP contribution in [0.25, 0.3) is 0 Å². The van der Waals surface area contributed by atoms with Crippen LogP contribution in [-0.2, 0) is 28.5 Å². The molecule has 1 aliphatic heterocycles. The van der Waals surface area contributed by atoms with Crippen LogP contribution < -0.4 is 0 Å². The van der Waals surface area contributed by atoms with Crippen molar-refractivity contribution in [2.75, 3.05) is 42.1 Å². The molecule has 7 heteroatoms. The zero-order valence-electron chi connectivity index (χ0n) is 13.0. The maximum atomic E-state index is 11.7. The lowest BCUT2D eigenvalue weighted by Crippen LogP contribution is -2.65. The fourth-order valence-corrected chi connectivity index (χ4v) is 2.56. The molecule has 7 nitrogen and oxygen atoms in total. The zero-order chi connectivity index (χ0) is 15.3. The molecule has 0 N–H and O–H groups in total. The first-order chi connectivity index (χ1) is 9.51. The van der Waals surface area contributed by atoms with Gasteiger partial charge in [0.15, 0.2) is 6.29 Å². The molecule has 1 rings (SSSR count). The molecule has 20 heavy (non-hydrogen) atoms. The molecule has 0 aromatic heterocycles. The Balaban J connectivity index is 3.04. The van der Waals surface area contributed by atoms with Crippen molar-refractivity contribution in [3.05, 3.63) is 0 Å². The normalized spacial score (nSPS) is 34.0. The smallest absolute Gasteiger partial charge is 0.219 e. The topological polar surface area (TPSA) is 66.5 Å². The molecule has 1 amide bonds. The number of rotatable bonds is 6. The largest absolute Gasteiger partial charge is 0.382 e. The summed E-state index contributed by atoms with van der Waals surface area (Å²) in [4.78, 5) is 13.2. The Hall–Kier alpha value is -0.730. The molecule has 0 aromatic rings. The lowest BCUT2D eigenvalue weighted by Gasteiger charge is -2.47. The predicted octanol–water partition coefficient (Wildman–Crippen LogP) is -0.119. The highest BCUT2D eigenvalue weighted by atomic mass is 16.7. The average Bonchev–Trinajstić information content (AvgIpc) is 2.45. The minimum Gasteiger partial charge on any atom is -0.382 e. The van der Waals surface area contributed by atoms with Gasteiger partial charge in [0.05, 0.1) is 6.61 Å². The SMILES string of the molecule is COCC1OC(OC)C(N(C)C(C)=O)C(OC)C1OC. The van der Waals surface area contributed by atoms with Crippen molar-refractivity contribution in [2.24, 2.45) is 0 Å². The van der Waals surface area contributed by atoms with Crippen LogP contribution in [0.1, 0.15) is 6.92 Å². The number of nitrogens with zero attached hydrogens (tertiary/aromatic N) is 1. The Morgan fingerprint density at radius 2 is 1.70 bits per heavy atom. The molecule has 0 saturated carbocycles. The van der Waals surface area contributed by atoms with E-state index < -0.39 is 6.29 Å². The molecular weight excluding hydrogens is 266 g/mol. The molecule has 1 saturated heterocycles. The van der Waals surface area contributed by atoms with E-state index in [2.05, 4.69) is 0 Å². The monoisotopic (exact) mass is 291 g/mol. The molecule has 1 heterocycles. The molecule has 5 atom stereocenters. The van der Waals surface area contributed by atoms with Crippen LogP contribution in [0, 0.1) is 0 Å². The highest BCUT2D eigenvalue weighted by Crippen LogP contribution is 2.28. The van der Waals surface area contributed by atoms with Crippen LogP contribution in [0.3, 0.4) is 0 Å². The Morgan fingerprint density at radius 3 is 2.10 bits per heavy atom. The van der Waals surface area contributed by atoms with E-state index in [0.717, 1.165) is 0 Å². The third kappa shape index (κ3) is 3.48. The van der Waals surface area contributed by atoms with Gasteiger partial charge in [-0.05, 0) is 0 Å². The number of carbonyl (C=O) groups excluding carboxylic acids is 1.